The van der Waals surface area contributed by atoms with Crippen molar-refractivity contribution in [1.29, 1.82) is 0 Å². The minimum Gasteiger partial charge on any atom is -0.499 e. The number of hydrogen-bond acceptors (Lipinski definition) is 7. The van der Waals surface area contributed by atoms with Crippen LogP contribution >= 0.6 is 22.7 Å². The van der Waals surface area contributed by atoms with Gasteiger partial charge in [0.05, 0.1) is 12.4 Å². The maximum absolute atomic E-state index is 13.1. The summed E-state index contributed by atoms with van der Waals surface area (Å²) in [6.45, 7) is 21.2. The smallest absolute Gasteiger partial charge is 0.306 e. The van der Waals surface area contributed by atoms with Gasteiger partial charge in [0.2, 0.25) is 0 Å². The van der Waals surface area contributed by atoms with Gasteiger partial charge in [0, 0.05) is 53.2 Å². The Morgan fingerprint density at radius 1 is 0.764 bits per heavy atom. The Hall–Kier alpha value is -4.07. The molecule has 0 fully saturated rings. The van der Waals surface area contributed by atoms with Crippen LogP contribution in [0.3, 0.4) is 0 Å². The molecule has 0 aliphatic heterocycles. The van der Waals surface area contributed by atoms with E-state index >= 15 is 0 Å². The fourth-order valence-corrected chi connectivity index (χ4v) is 9.51. The second kappa shape index (κ2) is 19.2. The summed E-state index contributed by atoms with van der Waals surface area (Å²) in [4.78, 5) is 39.7. The van der Waals surface area contributed by atoms with Crippen molar-refractivity contribution in [3.8, 4) is 0 Å². The van der Waals surface area contributed by atoms with E-state index in [1.165, 1.54) is 11.3 Å². The van der Waals surface area contributed by atoms with Gasteiger partial charge in [-0.25, -0.2) is 0 Å². The molecule has 1 aliphatic rings. The number of fused-ring (bicyclic) bond motifs is 3. The van der Waals surface area contributed by atoms with E-state index in [1.807, 2.05) is 32.0 Å². The van der Waals surface area contributed by atoms with Crippen LogP contribution in [0.15, 0.2) is 71.5 Å². The van der Waals surface area contributed by atoms with Gasteiger partial charge in [0.15, 0.2) is 10.9 Å². The second-order valence-electron chi connectivity index (χ2n) is 16.3. The molecule has 0 amide bonds. The van der Waals surface area contributed by atoms with E-state index < -0.39 is 5.60 Å². The van der Waals surface area contributed by atoms with E-state index in [1.54, 1.807) is 23.5 Å². The monoisotopic (exact) mass is 778 g/mol. The fourth-order valence-electron chi connectivity index (χ4n) is 7.38. The molecular formula is C48H58O5S2. The van der Waals surface area contributed by atoms with Crippen molar-refractivity contribution in [2.75, 3.05) is 6.61 Å². The number of hydrogen-bond donors (Lipinski definition) is 0. The highest BCUT2D eigenvalue weighted by Gasteiger charge is 2.23. The summed E-state index contributed by atoms with van der Waals surface area (Å²) in [7, 11) is 0. The van der Waals surface area contributed by atoms with Crippen molar-refractivity contribution in [1.82, 2.24) is 0 Å². The first kappa shape index (κ1) is 42.1. The summed E-state index contributed by atoms with van der Waals surface area (Å²) < 4.78 is 15.0. The van der Waals surface area contributed by atoms with Gasteiger partial charge in [0.25, 0.3) is 0 Å². The number of benzene rings is 2. The summed E-state index contributed by atoms with van der Waals surface area (Å²) in [5.41, 5.74) is 2.51. The summed E-state index contributed by atoms with van der Waals surface area (Å²) in [5.74, 6) is 0.596. The minimum absolute atomic E-state index is 0.0532. The lowest BCUT2D eigenvalue weighted by Crippen LogP contribution is -2.38. The Balaban J connectivity index is 0.935. The molecule has 2 aromatic heterocycles. The zero-order chi connectivity index (χ0) is 39.6. The molecule has 1 aliphatic carbocycles. The Morgan fingerprint density at radius 3 is 2.07 bits per heavy atom. The van der Waals surface area contributed by atoms with Crippen molar-refractivity contribution < 1.29 is 14.3 Å². The number of carbonyl (C=O) groups is 1. The lowest BCUT2D eigenvalue weighted by atomic mass is 9.82. The van der Waals surface area contributed by atoms with Gasteiger partial charge in [-0.15, -0.1) is 22.7 Å². The van der Waals surface area contributed by atoms with Crippen LogP contribution in [0.1, 0.15) is 126 Å². The summed E-state index contributed by atoms with van der Waals surface area (Å²) in [6.07, 6.45) is 20.4. The predicted octanol–water partition coefficient (Wildman–Crippen LogP) is 11.0. The van der Waals surface area contributed by atoms with Crippen molar-refractivity contribution in [2.24, 2.45) is 5.41 Å². The first-order chi connectivity index (χ1) is 26.3. The number of allylic oxidation sites excluding steroid dienone is 1. The van der Waals surface area contributed by atoms with E-state index in [0.29, 0.717) is 24.0 Å². The van der Waals surface area contributed by atoms with Crippen LogP contribution in [-0.2, 0) is 27.1 Å². The van der Waals surface area contributed by atoms with E-state index in [0.717, 1.165) is 123 Å². The summed E-state index contributed by atoms with van der Waals surface area (Å²) >= 11 is 3.23. The highest BCUT2D eigenvalue weighted by Crippen LogP contribution is 2.31. The molecular weight excluding hydrogens is 721 g/mol. The molecule has 4 aromatic rings. The van der Waals surface area contributed by atoms with Crippen molar-refractivity contribution in [2.45, 2.75) is 123 Å². The van der Waals surface area contributed by atoms with Crippen LogP contribution in [0.2, 0.25) is 0 Å². The zero-order valence-electron chi connectivity index (χ0n) is 33.4. The molecule has 5 nitrogen and oxygen atoms in total. The number of carbonyl (C=O) groups excluding carboxylic acids is 1. The normalized spacial score (nSPS) is 12.8. The van der Waals surface area contributed by atoms with Crippen molar-refractivity contribution in [3.05, 3.63) is 114 Å². The first-order valence-electron chi connectivity index (χ1n) is 19.9. The molecule has 0 atom stereocenters. The van der Waals surface area contributed by atoms with E-state index in [-0.39, 0.29) is 28.7 Å². The van der Waals surface area contributed by atoms with Gasteiger partial charge in [-0.3, -0.25) is 14.4 Å². The largest absolute Gasteiger partial charge is 0.499 e. The Morgan fingerprint density at radius 2 is 1.38 bits per heavy atom. The molecule has 0 spiro atoms. The highest BCUT2D eigenvalue weighted by atomic mass is 32.1. The Bertz CT molecular complexity index is 2290. The number of ether oxygens (including phenoxy) is 2. The fraction of sp³-hybridized carbons (Fsp3) is 0.438. The van der Waals surface area contributed by atoms with Gasteiger partial charge in [-0.2, -0.15) is 0 Å². The van der Waals surface area contributed by atoms with Crippen molar-refractivity contribution in [3.63, 3.8) is 0 Å². The van der Waals surface area contributed by atoms with Crippen LogP contribution < -0.4 is 20.6 Å². The number of rotatable bonds is 21. The minimum atomic E-state index is -0.516. The number of unbranched alkanes of at least 4 members (excludes halogenated alkanes) is 3. The predicted molar refractivity (Wildman–Crippen MR) is 236 cm³/mol. The average Bonchev–Trinajstić information content (AvgIpc) is 3.16. The molecule has 7 heteroatoms. The second-order valence-corrected chi connectivity index (χ2v) is 18.4. The number of aryl methyl sites for hydroxylation is 2. The molecule has 0 N–H and O–H groups in total. The van der Waals surface area contributed by atoms with Crippen LogP contribution in [0.25, 0.3) is 44.5 Å². The Labute approximate surface area is 334 Å². The molecule has 0 radical (unpaired) electrons. The molecule has 0 unspecified atom stereocenters. The quantitative estimate of drug-likeness (QED) is 0.0479. The lowest BCUT2D eigenvalue weighted by Gasteiger charge is -2.26. The third kappa shape index (κ3) is 11.7. The highest BCUT2D eigenvalue weighted by molar-refractivity contribution is 7.19. The van der Waals surface area contributed by atoms with Crippen LogP contribution in [-0.4, -0.2) is 18.2 Å². The topological polar surface area (TPSA) is 69.7 Å². The first-order valence-corrected chi connectivity index (χ1v) is 21.6. The lowest BCUT2D eigenvalue weighted by molar-refractivity contribution is -0.157. The van der Waals surface area contributed by atoms with Crippen LogP contribution in [0.4, 0.5) is 0 Å². The molecule has 55 heavy (non-hydrogen) atoms. The summed E-state index contributed by atoms with van der Waals surface area (Å²) in [6, 6.07) is 12.1. The number of esters is 1. The molecule has 0 bridgehead atoms. The third-order valence-electron chi connectivity index (χ3n) is 10.7. The van der Waals surface area contributed by atoms with E-state index in [2.05, 4.69) is 63.9 Å². The zero-order valence-corrected chi connectivity index (χ0v) is 35.0. The van der Waals surface area contributed by atoms with Gasteiger partial charge in [-0.1, -0.05) is 82.9 Å². The van der Waals surface area contributed by atoms with Crippen molar-refractivity contribution >= 4 is 73.1 Å². The van der Waals surface area contributed by atoms with Gasteiger partial charge in [-0.05, 0) is 119 Å². The van der Waals surface area contributed by atoms with E-state index in [9.17, 15) is 14.4 Å². The SMILES string of the molecule is C=Cc1sc2ccc(CCC(=O)OC(C)(C)CCCCCC(C)(C)CCCCOC(=C)CCc3ccc4sc5c(c(=O)c4c3)=CCCC=5)cc2c(=O)c1C=C. The molecule has 0 saturated heterocycles. The average molecular weight is 779 g/mol. The molecule has 0 saturated carbocycles. The maximum Gasteiger partial charge on any atom is 0.306 e. The Kier molecular flexibility index (Phi) is 14.7. The van der Waals surface area contributed by atoms with Gasteiger partial charge in [0.1, 0.15) is 5.60 Å². The van der Waals surface area contributed by atoms with E-state index in [4.69, 9.17) is 9.47 Å². The molecule has 2 heterocycles. The van der Waals surface area contributed by atoms with Gasteiger partial charge < -0.3 is 9.47 Å². The van der Waals surface area contributed by atoms with Crippen LogP contribution in [0.5, 0.6) is 0 Å². The van der Waals surface area contributed by atoms with Crippen LogP contribution in [0, 0.1) is 5.41 Å². The standard InChI is InChI=1S/C48H58O5S2/c1-8-36-40(9-2)54-42-24-22-35(32-38(42)45(36)50)23-26-44(49)53-48(6,7)29-14-10-13-27-47(4,5)28-15-16-30-52-33(3)19-20-34-21-25-43-39(31-34)46(51)37-17-11-12-18-41(37)55-43/h8-9,17-18,21-22,24-25,31-32H,1-3,10-16,19-20,23,26-30H2,4-7H3. The maximum atomic E-state index is 13.1. The molecule has 292 valence electrons. The van der Waals surface area contributed by atoms with Gasteiger partial charge >= 0.3 is 5.97 Å². The molecule has 5 rings (SSSR count). The molecule has 2 aromatic carbocycles. The third-order valence-corrected chi connectivity index (χ3v) is 13.0. The summed E-state index contributed by atoms with van der Waals surface area (Å²) in [5, 5.41) is 2.35.